The summed E-state index contributed by atoms with van der Waals surface area (Å²) in [6.07, 6.45) is 5.12. The number of aryl methyl sites for hydroxylation is 1. The summed E-state index contributed by atoms with van der Waals surface area (Å²) in [5.74, 6) is 0.0387. The van der Waals surface area contributed by atoms with E-state index >= 15 is 0 Å². The van der Waals surface area contributed by atoms with Gasteiger partial charge in [-0.15, -0.1) is 11.3 Å². The third-order valence-electron chi connectivity index (χ3n) is 3.81. The quantitative estimate of drug-likeness (QED) is 0.665. The van der Waals surface area contributed by atoms with Crippen LogP contribution in [-0.2, 0) is 17.1 Å². The van der Waals surface area contributed by atoms with Crippen molar-refractivity contribution in [3.8, 4) is 0 Å². The van der Waals surface area contributed by atoms with Gasteiger partial charge < -0.3 is 11.1 Å². The van der Waals surface area contributed by atoms with Crippen LogP contribution in [0.5, 0.6) is 0 Å². The Kier molecular flexibility index (Phi) is 4.61. The second-order valence-electron chi connectivity index (χ2n) is 5.83. The van der Waals surface area contributed by atoms with Crippen LogP contribution in [0.3, 0.4) is 0 Å². The minimum absolute atomic E-state index is 0.0474. The summed E-state index contributed by atoms with van der Waals surface area (Å²) < 4.78 is 28.9. The summed E-state index contributed by atoms with van der Waals surface area (Å²) in [5.41, 5.74) is 6.30. The second kappa shape index (κ2) is 6.54. The van der Waals surface area contributed by atoms with Crippen LogP contribution in [0.15, 0.2) is 28.7 Å². The molecule has 1 saturated carbocycles. The summed E-state index contributed by atoms with van der Waals surface area (Å²) in [6.45, 7) is 0.344. The molecule has 0 saturated heterocycles. The highest BCUT2D eigenvalue weighted by Crippen LogP contribution is 2.31. The Bertz CT molecular complexity index is 838. The monoisotopic (exact) mass is 369 g/mol. The van der Waals surface area contributed by atoms with Crippen LogP contribution in [0.1, 0.15) is 22.5 Å². The summed E-state index contributed by atoms with van der Waals surface area (Å²) in [5, 5.41) is 8.21. The number of nitrogens with zero attached hydrogens (tertiary/aromatic N) is 2. The highest BCUT2D eigenvalue weighted by Gasteiger charge is 2.29. The number of hydrogen-bond donors (Lipinski definition) is 3. The summed E-state index contributed by atoms with van der Waals surface area (Å²) in [7, 11) is -2.17. The number of amides is 1. The Balaban J connectivity index is 1.72. The largest absolute Gasteiger partial charge is 0.350 e. The number of nitrogens with two attached hydrogens (primary N) is 1. The van der Waals surface area contributed by atoms with E-state index in [1.807, 2.05) is 0 Å². The fourth-order valence-corrected chi connectivity index (χ4v) is 4.71. The highest BCUT2D eigenvalue weighted by molar-refractivity contribution is 7.93. The average Bonchev–Trinajstić information content (AvgIpc) is 3.11. The van der Waals surface area contributed by atoms with Crippen molar-refractivity contribution in [2.24, 2.45) is 18.7 Å². The van der Waals surface area contributed by atoms with Gasteiger partial charge >= 0.3 is 0 Å². The molecule has 2 heterocycles. The Labute approximate surface area is 144 Å². The SMILES string of the molecule is Cn1cc(NS(=O)(=O)c2ccsc2C(=O)NCC(N)C2CC2)cn1. The molecule has 8 nitrogen and oxygen atoms in total. The first-order valence-electron chi connectivity index (χ1n) is 7.49. The molecule has 0 aliphatic heterocycles. The molecule has 130 valence electrons. The van der Waals surface area contributed by atoms with Crippen LogP contribution in [0.25, 0.3) is 0 Å². The van der Waals surface area contributed by atoms with Crippen LogP contribution in [0.2, 0.25) is 0 Å². The molecular weight excluding hydrogens is 350 g/mol. The molecule has 1 amide bonds. The van der Waals surface area contributed by atoms with Crippen LogP contribution < -0.4 is 15.8 Å². The van der Waals surface area contributed by atoms with Crippen LogP contribution in [0.4, 0.5) is 5.69 Å². The molecule has 1 unspecified atom stereocenters. The molecule has 0 aromatic carbocycles. The zero-order chi connectivity index (χ0) is 17.3. The molecule has 1 aliphatic rings. The van der Waals surface area contributed by atoms with Crippen molar-refractivity contribution in [2.75, 3.05) is 11.3 Å². The molecule has 0 bridgehead atoms. The fourth-order valence-electron chi connectivity index (χ4n) is 2.34. The minimum Gasteiger partial charge on any atom is -0.350 e. The summed E-state index contributed by atoms with van der Waals surface area (Å²) in [4.78, 5) is 12.4. The smallest absolute Gasteiger partial charge is 0.263 e. The van der Waals surface area contributed by atoms with E-state index < -0.39 is 15.9 Å². The first-order chi connectivity index (χ1) is 11.4. The standard InChI is InChI=1S/C14H19N5O3S2/c1-19-8-10(6-17-19)18-24(21,22)12-4-5-23-13(12)14(20)16-7-11(15)9-2-3-9/h4-6,8-9,11,18H,2-3,7,15H2,1H3,(H,16,20). The predicted molar refractivity (Wildman–Crippen MR) is 91.4 cm³/mol. The molecule has 0 radical (unpaired) electrons. The second-order valence-corrected chi connectivity index (χ2v) is 8.40. The van der Waals surface area contributed by atoms with Crippen LogP contribution >= 0.6 is 11.3 Å². The molecule has 1 aliphatic carbocycles. The number of carbonyl (C=O) groups excluding carboxylic acids is 1. The van der Waals surface area contributed by atoms with Gasteiger partial charge in [0.1, 0.15) is 9.77 Å². The van der Waals surface area contributed by atoms with Crippen molar-refractivity contribution in [2.45, 2.75) is 23.8 Å². The first kappa shape index (κ1) is 16.9. The Morgan fingerprint density at radius 2 is 2.29 bits per heavy atom. The van der Waals surface area contributed by atoms with E-state index in [0.717, 1.165) is 24.2 Å². The van der Waals surface area contributed by atoms with Gasteiger partial charge in [0.15, 0.2) is 0 Å². The van der Waals surface area contributed by atoms with Crippen molar-refractivity contribution >= 4 is 33.0 Å². The van der Waals surface area contributed by atoms with E-state index in [1.54, 1.807) is 12.4 Å². The van der Waals surface area contributed by atoms with Crippen molar-refractivity contribution in [3.63, 3.8) is 0 Å². The number of hydrogen-bond acceptors (Lipinski definition) is 6. The lowest BCUT2D eigenvalue weighted by Crippen LogP contribution is -2.38. The number of sulfonamides is 1. The lowest BCUT2D eigenvalue weighted by atomic mass is 10.2. The maximum Gasteiger partial charge on any atom is 0.263 e. The molecule has 0 spiro atoms. The van der Waals surface area contributed by atoms with Gasteiger partial charge in [-0.2, -0.15) is 5.10 Å². The number of anilines is 1. The third kappa shape index (κ3) is 3.77. The highest BCUT2D eigenvalue weighted by atomic mass is 32.2. The van der Waals surface area contributed by atoms with E-state index in [1.165, 1.54) is 23.1 Å². The van der Waals surface area contributed by atoms with E-state index in [9.17, 15) is 13.2 Å². The van der Waals surface area contributed by atoms with Gasteiger partial charge in [0.25, 0.3) is 15.9 Å². The normalized spacial score (nSPS) is 15.9. The molecule has 4 N–H and O–H groups in total. The van der Waals surface area contributed by atoms with Crippen LogP contribution in [0, 0.1) is 5.92 Å². The molecule has 1 atom stereocenters. The van der Waals surface area contributed by atoms with Crippen molar-refractivity contribution in [1.82, 2.24) is 15.1 Å². The molecular formula is C14H19N5O3S2. The minimum atomic E-state index is -3.86. The van der Waals surface area contributed by atoms with E-state index in [0.29, 0.717) is 18.2 Å². The number of carbonyl (C=O) groups is 1. The number of thiophene rings is 1. The molecule has 24 heavy (non-hydrogen) atoms. The molecule has 10 heteroatoms. The van der Waals surface area contributed by atoms with Crippen LogP contribution in [-0.4, -0.2) is 36.7 Å². The van der Waals surface area contributed by atoms with Gasteiger partial charge in [0, 0.05) is 25.8 Å². The average molecular weight is 369 g/mol. The number of rotatable bonds is 7. The van der Waals surface area contributed by atoms with Gasteiger partial charge in [0.05, 0.1) is 11.9 Å². The number of aromatic nitrogens is 2. The Hall–Kier alpha value is -1.91. The van der Waals surface area contributed by atoms with Gasteiger partial charge in [-0.25, -0.2) is 8.42 Å². The van der Waals surface area contributed by atoms with Crippen molar-refractivity contribution in [3.05, 3.63) is 28.7 Å². The zero-order valence-electron chi connectivity index (χ0n) is 13.1. The van der Waals surface area contributed by atoms with E-state index in [4.69, 9.17) is 5.73 Å². The first-order valence-corrected chi connectivity index (χ1v) is 9.86. The lowest BCUT2D eigenvalue weighted by molar-refractivity contribution is 0.0951. The fraction of sp³-hybridized carbons (Fsp3) is 0.429. The molecule has 1 fully saturated rings. The van der Waals surface area contributed by atoms with Gasteiger partial charge in [0.2, 0.25) is 0 Å². The number of nitrogens with one attached hydrogen (secondary N) is 2. The van der Waals surface area contributed by atoms with E-state index in [2.05, 4.69) is 15.1 Å². The lowest BCUT2D eigenvalue weighted by Gasteiger charge is -2.12. The van der Waals surface area contributed by atoms with Gasteiger partial charge in [-0.3, -0.25) is 14.2 Å². The predicted octanol–water partition coefficient (Wildman–Crippen LogP) is 0.749. The van der Waals surface area contributed by atoms with E-state index in [-0.39, 0.29) is 15.8 Å². The maximum atomic E-state index is 12.5. The zero-order valence-corrected chi connectivity index (χ0v) is 14.7. The van der Waals surface area contributed by atoms with Gasteiger partial charge in [-0.1, -0.05) is 0 Å². The third-order valence-corrected chi connectivity index (χ3v) is 6.27. The molecule has 2 aromatic rings. The van der Waals surface area contributed by atoms with Crippen molar-refractivity contribution in [1.29, 1.82) is 0 Å². The Morgan fingerprint density at radius 3 is 2.92 bits per heavy atom. The molecule has 2 aromatic heterocycles. The van der Waals surface area contributed by atoms with Gasteiger partial charge in [-0.05, 0) is 30.2 Å². The molecule has 3 rings (SSSR count). The summed E-state index contributed by atoms with van der Waals surface area (Å²) in [6, 6.07) is 1.33. The van der Waals surface area contributed by atoms with Crippen molar-refractivity contribution < 1.29 is 13.2 Å². The maximum absolute atomic E-state index is 12.5. The Morgan fingerprint density at radius 1 is 1.54 bits per heavy atom. The topological polar surface area (TPSA) is 119 Å². The summed E-state index contributed by atoms with van der Waals surface area (Å²) >= 11 is 1.08.